The average molecular weight is 620 g/mol. The van der Waals surface area contributed by atoms with Crippen LogP contribution in [-0.2, 0) is 20.2 Å². The summed E-state index contributed by atoms with van der Waals surface area (Å²) in [5.74, 6) is -0.991. The van der Waals surface area contributed by atoms with Crippen molar-refractivity contribution in [3.63, 3.8) is 0 Å². The molecule has 0 atom stereocenters. The molecular weight excluding hydrogens is 598 g/mol. The molecule has 43 heavy (non-hydrogen) atoms. The molecule has 0 saturated carbocycles. The van der Waals surface area contributed by atoms with Gasteiger partial charge in [0.2, 0.25) is 0 Å². The van der Waals surface area contributed by atoms with Gasteiger partial charge in [0.25, 0.3) is 20.2 Å². The van der Waals surface area contributed by atoms with Gasteiger partial charge in [0.15, 0.2) is 5.75 Å². The molecule has 0 aliphatic rings. The molecule has 0 unspecified atom stereocenters. The molecule has 0 fully saturated rings. The van der Waals surface area contributed by atoms with E-state index in [0.717, 1.165) is 23.9 Å². The molecule has 0 heterocycles. The predicted octanol–water partition coefficient (Wildman–Crippen LogP) is 7.32. The molecule has 13 nitrogen and oxygen atoms in total. The Labute approximate surface area is 245 Å². The Morgan fingerprint density at radius 3 is 2.00 bits per heavy atom. The summed E-state index contributed by atoms with van der Waals surface area (Å²) in [6.45, 7) is 0. The van der Waals surface area contributed by atoms with E-state index in [1.54, 1.807) is 18.2 Å². The van der Waals surface area contributed by atoms with E-state index in [1.807, 2.05) is 30.3 Å². The fourth-order valence-corrected chi connectivity index (χ4v) is 5.17. The monoisotopic (exact) mass is 619 g/mol. The number of para-hydroxylation sites is 1. The van der Waals surface area contributed by atoms with Gasteiger partial charge in [-0.15, -0.1) is 10.2 Å². The average Bonchev–Trinajstić information content (AvgIpc) is 2.96. The number of aromatic hydroxyl groups is 2. The molecule has 0 saturated heterocycles. The lowest BCUT2D eigenvalue weighted by Crippen LogP contribution is -1.99. The van der Waals surface area contributed by atoms with Crippen molar-refractivity contribution in [3.05, 3.63) is 97.1 Å². The van der Waals surface area contributed by atoms with Gasteiger partial charge in [-0.1, -0.05) is 24.3 Å². The number of nitrogens with one attached hydrogen (secondary N) is 1. The number of anilines is 2. The molecule has 0 aliphatic carbocycles. The minimum Gasteiger partial charge on any atom is -0.506 e. The number of phenols is 2. The standard InChI is InChI=1S/C28H21N5O8S2/c34-25-16-21(31-30-20-7-4-8-22(15-20)42(36,37)38)10-12-24(25)32-33-27-26(43(39,40)41)14-17-13-19(9-11-23(17)28(27)35)29-18-5-2-1-3-6-18/h1-16,29,34-35H,(H,36,37,38)(H,39,40,41). The third kappa shape index (κ3) is 6.82. The minimum absolute atomic E-state index is 0.117. The van der Waals surface area contributed by atoms with Crippen molar-refractivity contribution >= 4 is 65.1 Å². The van der Waals surface area contributed by atoms with Crippen molar-refractivity contribution < 1.29 is 36.2 Å². The van der Waals surface area contributed by atoms with Crippen molar-refractivity contribution in [3.8, 4) is 11.5 Å². The Morgan fingerprint density at radius 2 is 1.33 bits per heavy atom. The molecule has 0 bridgehead atoms. The van der Waals surface area contributed by atoms with Crippen LogP contribution in [0.4, 0.5) is 34.1 Å². The largest absolute Gasteiger partial charge is 0.506 e. The second-order valence-electron chi connectivity index (χ2n) is 9.02. The highest BCUT2D eigenvalue weighted by atomic mass is 32.2. The Bertz CT molecular complexity index is 2140. The quantitative estimate of drug-likeness (QED) is 0.0868. The van der Waals surface area contributed by atoms with Crippen LogP contribution in [-0.4, -0.2) is 36.2 Å². The number of benzene rings is 5. The first-order chi connectivity index (χ1) is 20.4. The van der Waals surface area contributed by atoms with Gasteiger partial charge in [0, 0.05) is 22.8 Å². The van der Waals surface area contributed by atoms with Gasteiger partial charge in [0.1, 0.15) is 22.0 Å². The Balaban J connectivity index is 1.45. The smallest absolute Gasteiger partial charge is 0.296 e. The second-order valence-corrected chi connectivity index (χ2v) is 11.8. The van der Waals surface area contributed by atoms with E-state index in [-0.39, 0.29) is 27.3 Å². The molecule has 5 aromatic rings. The highest BCUT2D eigenvalue weighted by Gasteiger charge is 2.22. The van der Waals surface area contributed by atoms with Gasteiger partial charge in [-0.05, 0) is 72.1 Å². The summed E-state index contributed by atoms with van der Waals surface area (Å²) in [5, 5.41) is 40.5. The number of rotatable bonds is 8. The van der Waals surface area contributed by atoms with Crippen LogP contribution in [0.5, 0.6) is 11.5 Å². The third-order valence-electron chi connectivity index (χ3n) is 6.00. The zero-order chi connectivity index (χ0) is 30.8. The minimum atomic E-state index is -4.86. The highest BCUT2D eigenvalue weighted by molar-refractivity contribution is 7.86. The van der Waals surface area contributed by atoms with E-state index < -0.39 is 42.3 Å². The maximum absolute atomic E-state index is 12.2. The molecule has 0 aliphatic heterocycles. The summed E-state index contributed by atoms with van der Waals surface area (Å²) in [4.78, 5) is -1.07. The number of azo groups is 2. The Hall–Kier alpha value is -5.22. The number of fused-ring (bicyclic) bond motifs is 1. The van der Waals surface area contributed by atoms with Crippen LogP contribution in [0.3, 0.4) is 0 Å². The topological polar surface area (TPSA) is 211 Å². The van der Waals surface area contributed by atoms with Gasteiger partial charge in [-0.25, -0.2) is 0 Å². The van der Waals surface area contributed by atoms with Crippen LogP contribution >= 0.6 is 0 Å². The molecule has 218 valence electrons. The SMILES string of the molecule is O=S(=O)(O)c1cccc(N=Nc2ccc(N=Nc3c(S(=O)(=O)O)cc4cc(Nc5ccccc5)ccc4c3O)c(O)c2)c1. The van der Waals surface area contributed by atoms with E-state index >= 15 is 0 Å². The van der Waals surface area contributed by atoms with Crippen LogP contribution < -0.4 is 5.32 Å². The Kier molecular flexibility index (Phi) is 7.88. The van der Waals surface area contributed by atoms with Crippen LogP contribution in [0.2, 0.25) is 0 Å². The molecule has 0 aromatic heterocycles. The fourth-order valence-electron chi connectivity index (χ4n) is 3.99. The summed E-state index contributed by atoms with van der Waals surface area (Å²) >= 11 is 0. The van der Waals surface area contributed by atoms with E-state index in [1.165, 1.54) is 30.3 Å². The van der Waals surface area contributed by atoms with Gasteiger partial charge in [-0.2, -0.15) is 27.1 Å². The lowest BCUT2D eigenvalue weighted by molar-refractivity contribution is 0.471. The van der Waals surface area contributed by atoms with E-state index in [2.05, 4.69) is 25.8 Å². The maximum Gasteiger partial charge on any atom is 0.296 e. The summed E-state index contributed by atoms with van der Waals surface area (Å²) in [6.07, 6.45) is 0. The van der Waals surface area contributed by atoms with Crippen LogP contribution in [0.15, 0.2) is 127 Å². The summed E-state index contributed by atoms with van der Waals surface area (Å²) in [7, 11) is -9.29. The number of hydrogen-bond donors (Lipinski definition) is 5. The maximum atomic E-state index is 12.2. The molecule has 0 radical (unpaired) electrons. The van der Waals surface area contributed by atoms with E-state index in [0.29, 0.717) is 11.1 Å². The Morgan fingerprint density at radius 1 is 0.605 bits per heavy atom. The van der Waals surface area contributed by atoms with Crippen LogP contribution in [0, 0.1) is 0 Å². The zero-order valence-corrected chi connectivity index (χ0v) is 23.4. The second kappa shape index (κ2) is 11.6. The normalized spacial score (nSPS) is 12.3. The van der Waals surface area contributed by atoms with Crippen molar-refractivity contribution in [1.82, 2.24) is 0 Å². The predicted molar refractivity (Wildman–Crippen MR) is 158 cm³/mol. The molecule has 5 aromatic carbocycles. The van der Waals surface area contributed by atoms with Gasteiger partial charge < -0.3 is 15.5 Å². The van der Waals surface area contributed by atoms with E-state index in [4.69, 9.17) is 0 Å². The molecular formula is C28H21N5O8S2. The summed E-state index contributed by atoms with van der Waals surface area (Å²) < 4.78 is 66.1. The first-order valence-electron chi connectivity index (χ1n) is 12.2. The fraction of sp³-hybridized carbons (Fsp3) is 0. The lowest BCUT2D eigenvalue weighted by atomic mass is 10.1. The van der Waals surface area contributed by atoms with Crippen molar-refractivity contribution in [2.45, 2.75) is 9.79 Å². The molecule has 0 amide bonds. The van der Waals surface area contributed by atoms with E-state index in [9.17, 15) is 36.2 Å². The first kappa shape index (κ1) is 29.3. The van der Waals surface area contributed by atoms with Crippen LogP contribution in [0.25, 0.3) is 10.8 Å². The molecule has 15 heteroatoms. The highest BCUT2D eigenvalue weighted by Crippen LogP contribution is 2.43. The lowest BCUT2D eigenvalue weighted by Gasteiger charge is -2.11. The van der Waals surface area contributed by atoms with Gasteiger partial charge in [-0.3, -0.25) is 9.11 Å². The zero-order valence-electron chi connectivity index (χ0n) is 21.8. The summed E-state index contributed by atoms with van der Waals surface area (Å²) in [6, 6.07) is 24.1. The van der Waals surface area contributed by atoms with Crippen LogP contribution in [0.1, 0.15) is 0 Å². The number of hydrogen-bond acceptors (Lipinski definition) is 11. The van der Waals surface area contributed by atoms with Crippen molar-refractivity contribution in [2.24, 2.45) is 20.5 Å². The first-order valence-corrected chi connectivity index (χ1v) is 15.1. The van der Waals surface area contributed by atoms with Gasteiger partial charge >= 0.3 is 0 Å². The number of nitrogens with zero attached hydrogens (tertiary/aromatic N) is 4. The summed E-state index contributed by atoms with van der Waals surface area (Å²) in [5.41, 5.74) is 0.968. The molecule has 5 N–H and O–H groups in total. The van der Waals surface area contributed by atoms with Gasteiger partial charge in [0.05, 0.1) is 16.3 Å². The molecule has 5 rings (SSSR count). The van der Waals surface area contributed by atoms with Crippen molar-refractivity contribution in [1.29, 1.82) is 0 Å². The number of phenolic OH excluding ortho intramolecular Hbond substituents is 2. The molecule has 0 spiro atoms. The third-order valence-corrected chi connectivity index (χ3v) is 7.72. The van der Waals surface area contributed by atoms with Crippen molar-refractivity contribution in [2.75, 3.05) is 5.32 Å².